The summed E-state index contributed by atoms with van der Waals surface area (Å²) in [7, 11) is 0. The average molecular weight is 376 g/mol. The first kappa shape index (κ1) is 21.2. The van der Waals surface area contributed by atoms with Gasteiger partial charge in [-0.15, -0.1) is 0 Å². The Labute approximate surface area is 162 Å². The second-order valence-electron chi connectivity index (χ2n) is 8.37. The summed E-state index contributed by atoms with van der Waals surface area (Å²) in [4.78, 5) is 26.5. The Morgan fingerprint density at radius 2 is 1.89 bits per heavy atom. The van der Waals surface area contributed by atoms with Crippen molar-refractivity contribution in [1.82, 2.24) is 10.2 Å². The maximum Gasteiger partial charge on any atom is 0.408 e. The lowest BCUT2D eigenvalue weighted by atomic mass is 10.0. The molecule has 0 spiro atoms. The van der Waals surface area contributed by atoms with Gasteiger partial charge in [-0.3, -0.25) is 9.69 Å². The van der Waals surface area contributed by atoms with E-state index in [0.29, 0.717) is 11.7 Å². The van der Waals surface area contributed by atoms with Crippen LogP contribution in [0.25, 0.3) is 0 Å². The SMILES string of the molecule is CC(NC(=O)OC(C)(C)C)C(=O)Nc1ccc(CN2CCCCC2C)cc1. The number of carbonyl (C=O) groups is 2. The van der Waals surface area contributed by atoms with Crippen LogP contribution in [0.3, 0.4) is 0 Å². The van der Waals surface area contributed by atoms with Crippen LogP contribution < -0.4 is 10.6 Å². The monoisotopic (exact) mass is 375 g/mol. The van der Waals surface area contributed by atoms with Gasteiger partial charge in [0, 0.05) is 18.3 Å². The summed E-state index contributed by atoms with van der Waals surface area (Å²) in [5.41, 5.74) is 1.36. The number of benzene rings is 1. The molecule has 2 N–H and O–H groups in total. The number of anilines is 1. The summed E-state index contributed by atoms with van der Waals surface area (Å²) in [6.07, 6.45) is 3.24. The fraction of sp³-hybridized carbons (Fsp3) is 0.619. The van der Waals surface area contributed by atoms with Crippen LogP contribution in [0.1, 0.15) is 59.4 Å². The third-order valence-electron chi connectivity index (χ3n) is 4.67. The van der Waals surface area contributed by atoms with Crippen molar-refractivity contribution in [2.45, 2.75) is 78.1 Å². The van der Waals surface area contributed by atoms with E-state index in [0.717, 1.165) is 13.1 Å². The van der Waals surface area contributed by atoms with Crippen LogP contribution in [0.4, 0.5) is 10.5 Å². The first-order chi connectivity index (χ1) is 12.6. The van der Waals surface area contributed by atoms with Crippen LogP contribution in [0.15, 0.2) is 24.3 Å². The minimum absolute atomic E-state index is 0.279. The van der Waals surface area contributed by atoms with Crippen LogP contribution in [-0.2, 0) is 16.1 Å². The van der Waals surface area contributed by atoms with Gasteiger partial charge in [-0.25, -0.2) is 4.79 Å². The smallest absolute Gasteiger partial charge is 0.408 e. The Morgan fingerprint density at radius 1 is 1.22 bits per heavy atom. The number of nitrogens with zero attached hydrogens (tertiary/aromatic N) is 1. The highest BCUT2D eigenvalue weighted by Gasteiger charge is 2.21. The average Bonchev–Trinajstić information content (AvgIpc) is 2.56. The highest BCUT2D eigenvalue weighted by molar-refractivity contribution is 5.96. The number of hydrogen-bond donors (Lipinski definition) is 2. The lowest BCUT2D eigenvalue weighted by Crippen LogP contribution is -2.43. The predicted molar refractivity (Wildman–Crippen MR) is 108 cm³/mol. The molecule has 0 radical (unpaired) electrons. The molecule has 2 unspecified atom stereocenters. The van der Waals surface area contributed by atoms with E-state index in [1.807, 2.05) is 24.3 Å². The maximum absolute atomic E-state index is 12.3. The van der Waals surface area contributed by atoms with Crippen LogP contribution >= 0.6 is 0 Å². The lowest BCUT2D eigenvalue weighted by molar-refractivity contribution is -0.117. The number of carbonyl (C=O) groups excluding carboxylic acids is 2. The summed E-state index contributed by atoms with van der Waals surface area (Å²) in [6.45, 7) is 11.3. The third kappa shape index (κ3) is 7.21. The number of nitrogens with one attached hydrogen (secondary N) is 2. The highest BCUT2D eigenvalue weighted by Crippen LogP contribution is 2.20. The van der Waals surface area contributed by atoms with Crippen LogP contribution in [-0.4, -0.2) is 41.1 Å². The number of rotatable bonds is 5. The fourth-order valence-electron chi connectivity index (χ4n) is 3.12. The van der Waals surface area contributed by atoms with Crippen molar-refractivity contribution in [1.29, 1.82) is 0 Å². The topological polar surface area (TPSA) is 70.7 Å². The summed E-state index contributed by atoms with van der Waals surface area (Å²) in [6, 6.07) is 7.84. The zero-order valence-corrected chi connectivity index (χ0v) is 17.2. The normalized spacial score (nSPS) is 19.2. The maximum atomic E-state index is 12.3. The van der Waals surface area contributed by atoms with Gasteiger partial charge in [0.15, 0.2) is 0 Å². The van der Waals surface area contributed by atoms with Gasteiger partial charge in [0.1, 0.15) is 11.6 Å². The second kappa shape index (κ2) is 9.22. The predicted octanol–water partition coefficient (Wildman–Crippen LogP) is 3.91. The van der Waals surface area contributed by atoms with E-state index in [9.17, 15) is 9.59 Å². The molecule has 150 valence electrons. The molecule has 1 aliphatic heterocycles. The molecule has 1 aliphatic rings. The largest absolute Gasteiger partial charge is 0.444 e. The molecule has 0 saturated carbocycles. The Bertz CT molecular complexity index is 637. The number of hydrogen-bond acceptors (Lipinski definition) is 4. The van der Waals surface area contributed by atoms with Gasteiger partial charge in [0.25, 0.3) is 0 Å². The van der Waals surface area contributed by atoms with Crippen molar-refractivity contribution in [2.75, 3.05) is 11.9 Å². The molecule has 0 aromatic heterocycles. The van der Waals surface area contributed by atoms with E-state index in [2.05, 4.69) is 22.5 Å². The first-order valence-electron chi connectivity index (χ1n) is 9.77. The fourth-order valence-corrected chi connectivity index (χ4v) is 3.12. The number of amides is 2. The van der Waals surface area contributed by atoms with Gasteiger partial charge in [0.2, 0.25) is 5.91 Å². The number of alkyl carbamates (subject to hydrolysis) is 1. The summed E-state index contributed by atoms with van der Waals surface area (Å²) >= 11 is 0. The van der Waals surface area contributed by atoms with E-state index in [-0.39, 0.29) is 5.91 Å². The molecule has 2 amide bonds. The minimum atomic E-state index is -0.686. The Balaban J connectivity index is 1.84. The Kier molecular flexibility index (Phi) is 7.25. The number of ether oxygens (including phenoxy) is 1. The first-order valence-corrected chi connectivity index (χ1v) is 9.77. The highest BCUT2D eigenvalue weighted by atomic mass is 16.6. The zero-order chi connectivity index (χ0) is 20.0. The van der Waals surface area contributed by atoms with Crippen molar-refractivity contribution in [3.05, 3.63) is 29.8 Å². The molecule has 1 aromatic carbocycles. The molecule has 2 rings (SSSR count). The van der Waals surface area contributed by atoms with Crippen LogP contribution in [0.2, 0.25) is 0 Å². The Morgan fingerprint density at radius 3 is 2.48 bits per heavy atom. The molecule has 6 nitrogen and oxygen atoms in total. The van der Waals surface area contributed by atoms with E-state index in [4.69, 9.17) is 4.74 Å². The zero-order valence-electron chi connectivity index (χ0n) is 17.2. The molecule has 1 fully saturated rings. The third-order valence-corrected chi connectivity index (χ3v) is 4.67. The summed E-state index contributed by atoms with van der Waals surface area (Å²) < 4.78 is 5.17. The molecular formula is C21H33N3O3. The molecule has 1 aromatic rings. The van der Waals surface area contributed by atoms with Crippen molar-refractivity contribution in [3.8, 4) is 0 Å². The summed E-state index contributed by atoms with van der Waals surface area (Å²) in [5.74, 6) is -0.279. The number of piperidine rings is 1. The van der Waals surface area contributed by atoms with Gasteiger partial charge >= 0.3 is 6.09 Å². The van der Waals surface area contributed by atoms with Crippen molar-refractivity contribution >= 4 is 17.7 Å². The Hall–Kier alpha value is -2.08. The van der Waals surface area contributed by atoms with Crippen LogP contribution in [0, 0.1) is 0 Å². The van der Waals surface area contributed by atoms with Gasteiger partial charge in [-0.2, -0.15) is 0 Å². The molecule has 1 saturated heterocycles. The molecular weight excluding hydrogens is 342 g/mol. The second-order valence-corrected chi connectivity index (χ2v) is 8.37. The number of likely N-dealkylation sites (tertiary alicyclic amines) is 1. The standard InChI is InChI=1S/C21H33N3O3/c1-15-8-6-7-13-24(15)14-17-9-11-18(12-10-17)23-19(25)16(2)22-20(26)27-21(3,4)5/h9-12,15-16H,6-8,13-14H2,1-5H3,(H,22,26)(H,23,25). The van der Waals surface area contributed by atoms with Crippen molar-refractivity contribution in [3.63, 3.8) is 0 Å². The quantitative estimate of drug-likeness (QED) is 0.818. The van der Waals surface area contributed by atoms with Gasteiger partial charge in [0.05, 0.1) is 0 Å². The lowest BCUT2D eigenvalue weighted by Gasteiger charge is -2.33. The van der Waals surface area contributed by atoms with Crippen molar-refractivity contribution < 1.29 is 14.3 Å². The molecule has 0 bridgehead atoms. The molecule has 6 heteroatoms. The van der Waals surface area contributed by atoms with E-state index < -0.39 is 17.7 Å². The van der Waals surface area contributed by atoms with Gasteiger partial charge < -0.3 is 15.4 Å². The molecule has 27 heavy (non-hydrogen) atoms. The van der Waals surface area contributed by atoms with Crippen LogP contribution in [0.5, 0.6) is 0 Å². The van der Waals surface area contributed by atoms with E-state index in [1.165, 1.54) is 24.8 Å². The molecule has 1 heterocycles. The van der Waals surface area contributed by atoms with Gasteiger partial charge in [-0.1, -0.05) is 18.6 Å². The summed E-state index contributed by atoms with van der Waals surface area (Å²) in [5, 5.41) is 5.37. The van der Waals surface area contributed by atoms with Gasteiger partial charge in [-0.05, 0) is 71.7 Å². The van der Waals surface area contributed by atoms with Crippen molar-refractivity contribution in [2.24, 2.45) is 0 Å². The van der Waals surface area contributed by atoms with E-state index >= 15 is 0 Å². The molecule has 0 aliphatic carbocycles. The minimum Gasteiger partial charge on any atom is -0.444 e. The van der Waals surface area contributed by atoms with E-state index in [1.54, 1.807) is 27.7 Å². The molecule has 2 atom stereocenters.